The van der Waals surface area contributed by atoms with Gasteiger partial charge in [-0.3, -0.25) is 15.0 Å². The van der Waals surface area contributed by atoms with Crippen molar-refractivity contribution >= 4 is 27.9 Å². The van der Waals surface area contributed by atoms with E-state index < -0.39 is 12.1 Å². The van der Waals surface area contributed by atoms with Gasteiger partial charge in [0.1, 0.15) is 0 Å². The highest BCUT2D eigenvalue weighted by atomic mass is 79.9. The van der Waals surface area contributed by atoms with Crippen LogP contribution in [-0.2, 0) is 11.3 Å². The molecule has 0 aliphatic rings. The number of halogens is 1. The maximum atomic E-state index is 11.9. The molecule has 0 heterocycles. The molecule has 3 amide bonds. The van der Waals surface area contributed by atoms with E-state index in [2.05, 4.69) is 26.6 Å². The van der Waals surface area contributed by atoms with Gasteiger partial charge in [0.2, 0.25) is 5.91 Å². The summed E-state index contributed by atoms with van der Waals surface area (Å²) in [5, 5.41) is 4.85. The summed E-state index contributed by atoms with van der Waals surface area (Å²) in [5.41, 5.74) is 1.09. The number of hydrogen-bond acceptors (Lipinski definition) is 3. The predicted molar refractivity (Wildman–Crippen MR) is 82.3 cm³/mol. The fourth-order valence-electron chi connectivity index (χ4n) is 1.65. The first-order valence-corrected chi connectivity index (χ1v) is 7.27. The zero-order valence-electron chi connectivity index (χ0n) is 11.9. The van der Waals surface area contributed by atoms with Gasteiger partial charge in [0, 0.05) is 17.6 Å². The second-order valence-electron chi connectivity index (χ2n) is 4.53. The third-order valence-electron chi connectivity index (χ3n) is 2.99. The van der Waals surface area contributed by atoms with Gasteiger partial charge in [-0.1, -0.05) is 34.1 Å². The van der Waals surface area contributed by atoms with E-state index in [1.807, 2.05) is 36.2 Å². The molecule has 0 saturated heterocycles. The molecule has 0 bridgehead atoms. The lowest BCUT2D eigenvalue weighted by Crippen LogP contribution is -2.48. The number of hydrogen-bond donors (Lipinski definition) is 2. The average molecular weight is 342 g/mol. The summed E-state index contributed by atoms with van der Waals surface area (Å²) in [6, 6.07) is 6.99. The van der Waals surface area contributed by atoms with Gasteiger partial charge in [0.15, 0.2) is 0 Å². The van der Waals surface area contributed by atoms with Crippen molar-refractivity contribution in [1.29, 1.82) is 0 Å². The fraction of sp³-hybridized carbons (Fsp3) is 0.429. The second-order valence-corrected chi connectivity index (χ2v) is 5.39. The quantitative estimate of drug-likeness (QED) is 0.862. The summed E-state index contributed by atoms with van der Waals surface area (Å²) >= 11 is 3.48. The predicted octanol–water partition coefficient (Wildman–Crippen LogP) is 2.12. The molecule has 0 fully saturated rings. The number of imide groups is 1. The van der Waals surface area contributed by atoms with Gasteiger partial charge in [-0.25, -0.2) is 4.79 Å². The number of carbonyl (C=O) groups is 2. The highest BCUT2D eigenvalue weighted by Gasteiger charge is 2.20. The van der Waals surface area contributed by atoms with Crippen LogP contribution in [0.4, 0.5) is 4.79 Å². The topological polar surface area (TPSA) is 61.4 Å². The Morgan fingerprint density at radius 2 is 2.00 bits per heavy atom. The normalized spacial score (nSPS) is 12.1. The summed E-state index contributed by atoms with van der Waals surface area (Å²) in [6.45, 7) is 4.67. The molecule has 0 saturated carbocycles. The van der Waals surface area contributed by atoms with Gasteiger partial charge in [-0.15, -0.1) is 0 Å². The molecule has 20 heavy (non-hydrogen) atoms. The van der Waals surface area contributed by atoms with Crippen LogP contribution in [0.1, 0.15) is 19.4 Å². The van der Waals surface area contributed by atoms with E-state index in [-0.39, 0.29) is 5.91 Å². The molecule has 1 atom stereocenters. The number of benzene rings is 1. The Hall–Kier alpha value is -1.40. The number of urea groups is 1. The van der Waals surface area contributed by atoms with Crippen LogP contribution in [0.3, 0.4) is 0 Å². The summed E-state index contributed by atoms with van der Waals surface area (Å²) in [5.74, 6) is -0.314. The molecule has 1 rings (SSSR count). The highest BCUT2D eigenvalue weighted by molar-refractivity contribution is 9.10. The van der Waals surface area contributed by atoms with Crippen LogP contribution in [0.5, 0.6) is 0 Å². The van der Waals surface area contributed by atoms with Crippen LogP contribution in [0, 0.1) is 0 Å². The minimum absolute atomic E-state index is 0.314. The van der Waals surface area contributed by atoms with Crippen molar-refractivity contribution in [3.63, 3.8) is 0 Å². The van der Waals surface area contributed by atoms with E-state index in [9.17, 15) is 9.59 Å². The molecule has 0 spiro atoms. The minimum Gasteiger partial charge on any atom is -0.338 e. The van der Waals surface area contributed by atoms with Gasteiger partial charge >= 0.3 is 6.03 Å². The Labute approximate surface area is 127 Å². The van der Waals surface area contributed by atoms with Crippen molar-refractivity contribution in [2.75, 3.05) is 13.6 Å². The first kappa shape index (κ1) is 16.7. The summed E-state index contributed by atoms with van der Waals surface area (Å²) in [7, 11) is 1.85. The van der Waals surface area contributed by atoms with Gasteiger partial charge in [-0.05, 0) is 32.5 Å². The van der Waals surface area contributed by atoms with Gasteiger partial charge < -0.3 is 5.32 Å². The molecule has 5 nitrogen and oxygen atoms in total. The number of nitrogens with zero attached hydrogens (tertiary/aromatic N) is 1. The second kappa shape index (κ2) is 8.01. The van der Waals surface area contributed by atoms with Crippen LogP contribution >= 0.6 is 15.9 Å². The number of rotatable bonds is 5. The van der Waals surface area contributed by atoms with E-state index in [0.717, 1.165) is 10.0 Å². The molecule has 6 heteroatoms. The number of nitrogens with one attached hydrogen (secondary N) is 2. The Morgan fingerprint density at radius 3 is 2.60 bits per heavy atom. The lowest BCUT2D eigenvalue weighted by Gasteiger charge is -2.24. The number of amides is 3. The van der Waals surface area contributed by atoms with Crippen molar-refractivity contribution in [2.45, 2.75) is 26.4 Å². The van der Waals surface area contributed by atoms with E-state index in [1.54, 1.807) is 13.8 Å². The molecule has 1 aromatic rings. The van der Waals surface area contributed by atoms with Gasteiger partial charge in [0.05, 0.1) is 6.04 Å². The Bertz CT molecular complexity index is 479. The zero-order valence-corrected chi connectivity index (χ0v) is 13.5. The number of likely N-dealkylation sites (N-methyl/N-ethyl adjacent to an activating group) is 1. The SMILES string of the molecule is CCNC(=O)NC(=O)C(C)N(C)Cc1ccccc1Br. The average Bonchev–Trinajstić information content (AvgIpc) is 2.40. The Kier molecular flexibility index (Phi) is 6.67. The van der Waals surface area contributed by atoms with Crippen molar-refractivity contribution < 1.29 is 9.59 Å². The van der Waals surface area contributed by atoms with Crippen LogP contribution in [0.15, 0.2) is 28.7 Å². The maximum Gasteiger partial charge on any atom is 0.321 e. The molecule has 0 radical (unpaired) electrons. The Morgan fingerprint density at radius 1 is 1.35 bits per heavy atom. The maximum absolute atomic E-state index is 11.9. The van der Waals surface area contributed by atoms with E-state index in [1.165, 1.54) is 0 Å². The van der Waals surface area contributed by atoms with Gasteiger partial charge in [0.25, 0.3) is 0 Å². The van der Waals surface area contributed by atoms with Crippen LogP contribution in [0.25, 0.3) is 0 Å². The van der Waals surface area contributed by atoms with Crippen LogP contribution < -0.4 is 10.6 Å². The molecular weight excluding hydrogens is 322 g/mol. The first-order chi connectivity index (χ1) is 9.45. The standard InChI is InChI=1S/C14H20BrN3O2/c1-4-16-14(20)17-13(19)10(2)18(3)9-11-7-5-6-8-12(11)15/h5-8,10H,4,9H2,1-3H3,(H2,16,17,19,20). The lowest BCUT2D eigenvalue weighted by molar-refractivity contribution is -0.124. The van der Waals surface area contributed by atoms with Crippen LogP contribution in [0.2, 0.25) is 0 Å². The minimum atomic E-state index is -0.460. The lowest BCUT2D eigenvalue weighted by atomic mass is 10.2. The van der Waals surface area contributed by atoms with Crippen molar-refractivity contribution in [1.82, 2.24) is 15.5 Å². The van der Waals surface area contributed by atoms with E-state index >= 15 is 0 Å². The molecule has 0 aromatic heterocycles. The molecule has 1 aromatic carbocycles. The third kappa shape index (κ3) is 4.94. The van der Waals surface area contributed by atoms with Crippen LogP contribution in [-0.4, -0.2) is 36.5 Å². The fourth-order valence-corrected chi connectivity index (χ4v) is 2.06. The largest absolute Gasteiger partial charge is 0.338 e. The third-order valence-corrected chi connectivity index (χ3v) is 3.77. The monoisotopic (exact) mass is 341 g/mol. The molecule has 1 unspecified atom stereocenters. The summed E-state index contributed by atoms with van der Waals surface area (Å²) in [6.07, 6.45) is 0. The van der Waals surface area contributed by atoms with E-state index in [4.69, 9.17) is 0 Å². The van der Waals surface area contributed by atoms with Crippen molar-refractivity contribution in [3.8, 4) is 0 Å². The molecule has 110 valence electrons. The molecule has 0 aliphatic heterocycles. The number of carbonyl (C=O) groups excluding carboxylic acids is 2. The highest BCUT2D eigenvalue weighted by Crippen LogP contribution is 2.18. The van der Waals surface area contributed by atoms with Crippen molar-refractivity contribution in [2.24, 2.45) is 0 Å². The van der Waals surface area contributed by atoms with E-state index in [0.29, 0.717) is 13.1 Å². The van der Waals surface area contributed by atoms with Crippen molar-refractivity contribution in [3.05, 3.63) is 34.3 Å². The smallest absolute Gasteiger partial charge is 0.321 e. The summed E-state index contributed by atoms with van der Waals surface area (Å²) < 4.78 is 1.00. The summed E-state index contributed by atoms with van der Waals surface area (Å²) in [4.78, 5) is 25.1. The Balaban J connectivity index is 2.58. The zero-order chi connectivity index (χ0) is 15.1. The molecule has 2 N–H and O–H groups in total. The van der Waals surface area contributed by atoms with Gasteiger partial charge in [-0.2, -0.15) is 0 Å². The first-order valence-electron chi connectivity index (χ1n) is 6.48. The molecule has 0 aliphatic carbocycles. The molecular formula is C14H20BrN3O2.